The molecule has 0 radical (unpaired) electrons. The molecule has 1 aromatic carbocycles. The van der Waals surface area contributed by atoms with Crippen LogP contribution in [0.4, 0.5) is 4.39 Å². The largest absolute Gasteiger partial charge is 0.404 e. The number of hydrogen-bond acceptors (Lipinski definition) is 4. The third kappa shape index (κ3) is 3.18. The fourth-order valence-corrected chi connectivity index (χ4v) is 3.76. The number of halogens is 1. The maximum absolute atomic E-state index is 13.4. The lowest BCUT2D eigenvalue weighted by Crippen LogP contribution is -2.36. The molecule has 2 heterocycles. The second-order valence-electron chi connectivity index (χ2n) is 7.29. The molecule has 4 N–H and O–H groups in total. The number of aromatic nitrogens is 2. The molecular formula is C22H22FN5O. The summed E-state index contributed by atoms with van der Waals surface area (Å²) in [5.74, 6) is -0.222. The fourth-order valence-electron chi connectivity index (χ4n) is 3.76. The van der Waals surface area contributed by atoms with Gasteiger partial charge in [-0.2, -0.15) is 0 Å². The van der Waals surface area contributed by atoms with Gasteiger partial charge in [0.05, 0.1) is 11.2 Å². The highest BCUT2D eigenvalue weighted by Crippen LogP contribution is 2.47. The summed E-state index contributed by atoms with van der Waals surface area (Å²) >= 11 is 0. The molecule has 3 aromatic rings. The number of nitrogens with two attached hydrogens (primary N) is 1. The van der Waals surface area contributed by atoms with E-state index in [4.69, 9.17) is 11.1 Å². The van der Waals surface area contributed by atoms with E-state index in [1.807, 2.05) is 24.3 Å². The Morgan fingerprint density at radius 3 is 2.76 bits per heavy atom. The van der Waals surface area contributed by atoms with E-state index in [9.17, 15) is 9.18 Å². The molecule has 0 spiro atoms. The number of pyridine rings is 1. The van der Waals surface area contributed by atoms with Crippen LogP contribution in [0.5, 0.6) is 0 Å². The Hall–Kier alpha value is -3.48. The summed E-state index contributed by atoms with van der Waals surface area (Å²) in [5, 5.41) is 11.4. The Labute approximate surface area is 167 Å². The number of carbonyl (C=O) groups is 1. The quantitative estimate of drug-likeness (QED) is 0.562. The Balaban J connectivity index is 1.67. The molecule has 1 aliphatic rings. The number of benzene rings is 1. The highest BCUT2D eigenvalue weighted by Gasteiger charge is 2.47. The van der Waals surface area contributed by atoms with Crippen molar-refractivity contribution >= 4 is 28.7 Å². The molecule has 4 rings (SSSR count). The number of alkyl halides is 1. The molecular weight excluding hydrogens is 369 g/mol. The van der Waals surface area contributed by atoms with Crippen LogP contribution in [-0.2, 0) is 19.3 Å². The maximum Gasteiger partial charge on any atom is 0.268 e. The van der Waals surface area contributed by atoms with Gasteiger partial charge in [0.2, 0.25) is 0 Å². The van der Waals surface area contributed by atoms with Crippen molar-refractivity contribution in [3.63, 3.8) is 0 Å². The number of hydrogen-bond donors (Lipinski definition) is 3. The first-order valence-electron chi connectivity index (χ1n) is 9.39. The van der Waals surface area contributed by atoms with Crippen LogP contribution in [-0.4, -0.2) is 21.7 Å². The summed E-state index contributed by atoms with van der Waals surface area (Å²) in [6, 6.07) is 12.7. The van der Waals surface area contributed by atoms with Gasteiger partial charge in [0.25, 0.3) is 5.91 Å². The van der Waals surface area contributed by atoms with Gasteiger partial charge in [-0.3, -0.25) is 4.79 Å². The molecule has 0 atom stereocenters. The van der Waals surface area contributed by atoms with E-state index < -0.39 is 12.2 Å². The van der Waals surface area contributed by atoms with Crippen molar-refractivity contribution in [3.8, 4) is 0 Å². The SMILES string of the molecule is Cn1c(C(=O)NC2(c3ccccc3CF)CC2)cc2ccc(/C(C=N)=C/N)nc21. The van der Waals surface area contributed by atoms with E-state index in [-0.39, 0.29) is 5.91 Å². The molecule has 2 aromatic heterocycles. The van der Waals surface area contributed by atoms with Gasteiger partial charge in [0.15, 0.2) is 0 Å². The maximum atomic E-state index is 13.4. The van der Waals surface area contributed by atoms with Crippen LogP contribution >= 0.6 is 0 Å². The van der Waals surface area contributed by atoms with Gasteiger partial charge in [0.1, 0.15) is 18.0 Å². The van der Waals surface area contributed by atoms with Crippen molar-refractivity contribution in [1.82, 2.24) is 14.9 Å². The zero-order valence-electron chi connectivity index (χ0n) is 16.1. The standard InChI is InChI=1S/C22H22FN5O/c1-28-19(10-14-6-7-18(26-20(14)28)16(12-24)13-25)21(29)27-22(8-9-22)17-5-3-2-4-15(17)11-23/h2-7,10,12-13,24H,8-9,11,25H2,1H3,(H,27,29)/b16-13+,24-12?. The third-order valence-electron chi connectivity index (χ3n) is 5.52. The molecule has 7 heteroatoms. The second-order valence-corrected chi connectivity index (χ2v) is 7.29. The number of carbonyl (C=O) groups excluding carboxylic acids is 1. The lowest BCUT2D eigenvalue weighted by molar-refractivity contribution is 0.0922. The number of nitrogens with zero attached hydrogens (tertiary/aromatic N) is 2. The topological polar surface area (TPSA) is 96.8 Å². The Morgan fingerprint density at radius 1 is 1.34 bits per heavy atom. The highest BCUT2D eigenvalue weighted by atomic mass is 19.1. The average Bonchev–Trinajstić information content (AvgIpc) is 3.45. The Kier molecular flexibility index (Phi) is 4.66. The van der Waals surface area contributed by atoms with E-state index >= 15 is 0 Å². The van der Waals surface area contributed by atoms with Crippen LogP contribution < -0.4 is 11.1 Å². The second kappa shape index (κ2) is 7.16. The van der Waals surface area contributed by atoms with Crippen LogP contribution in [0.1, 0.15) is 40.2 Å². The van der Waals surface area contributed by atoms with E-state index in [1.165, 1.54) is 6.20 Å². The van der Waals surface area contributed by atoms with Gasteiger partial charge in [-0.1, -0.05) is 24.3 Å². The predicted octanol–water partition coefficient (Wildman–Crippen LogP) is 3.41. The van der Waals surface area contributed by atoms with Crippen LogP contribution in [0.3, 0.4) is 0 Å². The molecule has 1 fully saturated rings. The van der Waals surface area contributed by atoms with Crippen LogP contribution in [0.15, 0.2) is 48.7 Å². The fraction of sp³-hybridized carbons (Fsp3) is 0.227. The first kappa shape index (κ1) is 18.9. The molecule has 29 heavy (non-hydrogen) atoms. The minimum Gasteiger partial charge on any atom is -0.404 e. The molecule has 0 bridgehead atoms. The first-order chi connectivity index (χ1) is 14.0. The van der Waals surface area contributed by atoms with Crippen molar-refractivity contribution < 1.29 is 9.18 Å². The minimum atomic E-state index is -0.557. The van der Waals surface area contributed by atoms with Gasteiger partial charge < -0.3 is 21.0 Å². The smallest absolute Gasteiger partial charge is 0.268 e. The lowest BCUT2D eigenvalue weighted by Gasteiger charge is -2.20. The summed E-state index contributed by atoms with van der Waals surface area (Å²) < 4.78 is 15.1. The zero-order valence-corrected chi connectivity index (χ0v) is 16.1. The summed E-state index contributed by atoms with van der Waals surface area (Å²) in [5.41, 5.74) is 8.67. The van der Waals surface area contributed by atoms with Crippen molar-refractivity contribution in [3.05, 3.63) is 71.2 Å². The first-order valence-corrected chi connectivity index (χ1v) is 9.39. The minimum absolute atomic E-state index is 0.222. The monoisotopic (exact) mass is 391 g/mol. The molecule has 0 unspecified atom stereocenters. The summed E-state index contributed by atoms with van der Waals surface area (Å²) in [4.78, 5) is 17.6. The van der Waals surface area contributed by atoms with Crippen LogP contribution in [0.2, 0.25) is 0 Å². The van der Waals surface area contributed by atoms with Crippen molar-refractivity contribution in [2.75, 3.05) is 0 Å². The third-order valence-corrected chi connectivity index (χ3v) is 5.52. The molecule has 1 aliphatic carbocycles. The van der Waals surface area contributed by atoms with Crippen molar-refractivity contribution in [2.24, 2.45) is 12.8 Å². The van der Waals surface area contributed by atoms with Gasteiger partial charge >= 0.3 is 0 Å². The van der Waals surface area contributed by atoms with Crippen molar-refractivity contribution in [1.29, 1.82) is 5.41 Å². The van der Waals surface area contributed by atoms with Gasteiger partial charge in [0, 0.05) is 30.4 Å². The van der Waals surface area contributed by atoms with E-state index in [1.54, 1.807) is 29.8 Å². The van der Waals surface area contributed by atoms with Crippen LogP contribution in [0, 0.1) is 5.41 Å². The van der Waals surface area contributed by atoms with Crippen LogP contribution in [0.25, 0.3) is 16.6 Å². The number of allylic oxidation sites excluding steroid dienone is 1. The molecule has 0 aliphatic heterocycles. The number of aryl methyl sites for hydroxylation is 1. The molecule has 1 amide bonds. The Bertz CT molecular complexity index is 1140. The summed E-state index contributed by atoms with van der Waals surface area (Å²) in [6.07, 6.45) is 4.04. The van der Waals surface area contributed by atoms with Gasteiger partial charge in [-0.15, -0.1) is 0 Å². The number of rotatable bonds is 6. The Morgan fingerprint density at radius 2 is 2.10 bits per heavy atom. The number of amides is 1. The zero-order chi connectivity index (χ0) is 20.6. The summed E-state index contributed by atoms with van der Waals surface area (Å²) in [7, 11) is 1.78. The normalized spacial score (nSPS) is 15.3. The average molecular weight is 391 g/mol. The summed E-state index contributed by atoms with van der Waals surface area (Å²) in [6.45, 7) is -0.557. The van der Waals surface area contributed by atoms with E-state index in [0.717, 1.165) is 30.0 Å². The van der Waals surface area contributed by atoms with E-state index in [2.05, 4.69) is 10.3 Å². The lowest BCUT2D eigenvalue weighted by atomic mass is 9.98. The number of nitrogens with one attached hydrogen (secondary N) is 2. The van der Waals surface area contributed by atoms with Gasteiger partial charge in [-0.05, 0) is 42.2 Å². The van der Waals surface area contributed by atoms with Gasteiger partial charge in [-0.25, -0.2) is 9.37 Å². The van der Waals surface area contributed by atoms with E-state index in [0.29, 0.717) is 28.2 Å². The molecule has 1 saturated carbocycles. The molecule has 6 nitrogen and oxygen atoms in total. The van der Waals surface area contributed by atoms with Crippen molar-refractivity contribution in [2.45, 2.75) is 25.1 Å². The molecule has 0 saturated heterocycles. The predicted molar refractivity (Wildman–Crippen MR) is 111 cm³/mol. The molecule has 148 valence electrons. The highest BCUT2D eigenvalue weighted by molar-refractivity contribution is 6.08. The number of fused-ring (bicyclic) bond motifs is 1.